The number of benzene rings is 1. The highest BCUT2D eigenvalue weighted by atomic mass is 35.5. The molecule has 0 heterocycles. The molecule has 0 aliphatic heterocycles. The second-order valence-corrected chi connectivity index (χ2v) is 5.69. The van der Waals surface area contributed by atoms with Crippen molar-refractivity contribution in [1.29, 1.82) is 0 Å². The summed E-state index contributed by atoms with van der Waals surface area (Å²) in [6.45, 7) is 4.49. The Bertz CT molecular complexity index is 431. The minimum Gasteiger partial charge on any atom is -0.480 e. The number of carboxylic acid groups (broad SMARTS) is 1. The maximum Gasteiger partial charge on any atom is 0.320 e. The van der Waals surface area contributed by atoms with E-state index in [1.807, 2.05) is 13.8 Å². The van der Waals surface area contributed by atoms with Gasteiger partial charge < -0.3 is 10.4 Å². The van der Waals surface area contributed by atoms with Gasteiger partial charge in [0.25, 0.3) is 0 Å². The molecule has 0 unspecified atom stereocenters. The number of carboxylic acids is 1. The Balaban J connectivity index is 2.42. The van der Waals surface area contributed by atoms with Gasteiger partial charge in [-0.15, -0.1) is 0 Å². The molecule has 1 aromatic carbocycles. The number of carbonyl (C=O) groups is 1. The molecule has 1 aromatic rings. The molecular weight excluding hydrogens is 281 g/mol. The molecule has 112 valence electrons. The predicted molar refractivity (Wildman–Crippen MR) is 78.6 cm³/mol. The summed E-state index contributed by atoms with van der Waals surface area (Å²) < 4.78 is 13.5. The van der Waals surface area contributed by atoms with Gasteiger partial charge in [-0.2, -0.15) is 0 Å². The monoisotopic (exact) mass is 301 g/mol. The van der Waals surface area contributed by atoms with E-state index in [-0.39, 0.29) is 5.82 Å². The van der Waals surface area contributed by atoms with Crippen LogP contribution in [0.3, 0.4) is 0 Å². The Morgan fingerprint density at radius 3 is 2.70 bits per heavy atom. The van der Waals surface area contributed by atoms with Gasteiger partial charge in [0.2, 0.25) is 0 Å². The number of nitrogens with one attached hydrogen (secondary N) is 1. The van der Waals surface area contributed by atoms with Gasteiger partial charge in [-0.3, -0.25) is 4.79 Å². The smallest absolute Gasteiger partial charge is 0.320 e. The van der Waals surface area contributed by atoms with Gasteiger partial charge in [0, 0.05) is 10.6 Å². The Hall–Kier alpha value is -1.13. The first kappa shape index (κ1) is 16.9. The molecule has 2 N–H and O–H groups in total. The summed E-state index contributed by atoms with van der Waals surface area (Å²) in [5.74, 6) is -0.846. The van der Waals surface area contributed by atoms with Crippen LogP contribution in [-0.2, 0) is 11.2 Å². The highest BCUT2D eigenvalue weighted by Gasteiger charge is 2.17. The summed E-state index contributed by atoms with van der Waals surface area (Å²) in [4.78, 5) is 11.1. The minimum atomic E-state index is -0.845. The highest BCUT2D eigenvalue weighted by Crippen LogP contribution is 2.20. The van der Waals surface area contributed by atoms with Gasteiger partial charge in [0.15, 0.2) is 0 Å². The largest absolute Gasteiger partial charge is 0.480 e. The van der Waals surface area contributed by atoms with Crippen LogP contribution in [0.4, 0.5) is 4.39 Å². The van der Waals surface area contributed by atoms with Crippen LogP contribution in [0.1, 0.15) is 32.3 Å². The molecule has 0 aliphatic carbocycles. The standard InChI is InChI=1S/C15H21ClFNO2/c1-10(2)9-14(15(19)20)18-8-4-5-11-12(16)6-3-7-13(11)17/h3,6-7,10,14,18H,4-5,8-9H2,1-2H3,(H,19,20)/t14-/m1/s1. The van der Waals surface area contributed by atoms with Gasteiger partial charge in [0.05, 0.1) is 0 Å². The van der Waals surface area contributed by atoms with E-state index in [1.165, 1.54) is 6.07 Å². The van der Waals surface area contributed by atoms with E-state index >= 15 is 0 Å². The van der Waals surface area contributed by atoms with Gasteiger partial charge in [-0.25, -0.2) is 4.39 Å². The molecule has 0 saturated heterocycles. The summed E-state index contributed by atoms with van der Waals surface area (Å²) in [6.07, 6.45) is 1.71. The lowest BCUT2D eigenvalue weighted by Crippen LogP contribution is -2.38. The average Bonchev–Trinajstić information content (AvgIpc) is 2.35. The van der Waals surface area contributed by atoms with Crippen molar-refractivity contribution < 1.29 is 14.3 Å². The van der Waals surface area contributed by atoms with Gasteiger partial charge >= 0.3 is 5.97 Å². The van der Waals surface area contributed by atoms with Crippen molar-refractivity contribution in [2.45, 2.75) is 39.2 Å². The van der Waals surface area contributed by atoms with E-state index in [9.17, 15) is 9.18 Å². The lowest BCUT2D eigenvalue weighted by atomic mass is 10.0. The second kappa shape index (κ2) is 8.22. The molecule has 20 heavy (non-hydrogen) atoms. The molecule has 0 amide bonds. The van der Waals surface area contributed by atoms with Crippen molar-refractivity contribution >= 4 is 17.6 Å². The van der Waals surface area contributed by atoms with Crippen LogP contribution in [0.25, 0.3) is 0 Å². The van der Waals surface area contributed by atoms with Gasteiger partial charge in [-0.05, 0) is 43.9 Å². The first-order chi connectivity index (χ1) is 9.41. The van der Waals surface area contributed by atoms with Crippen molar-refractivity contribution in [3.63, 3.8) is 0 Å². The molecule has 0 aliphatic rings. The van der Waals surface area contributed by atoms with Gasteiger partial charge in [-0.1, -0.05) is 31.5 Å². The molecule has 0 spiro atoms. The molecule has 0 radical (unpaired) electrons. The van der Waals surface area contributed by atoms with E-state index in [0.717, 1.165) is 0 Å². The third-order valence-electron chi connectivity index (χ3n) is 3.06. The Morgan fingerprint density at radius 1 is 1.45 bits per heavy atom. The fourth-order valence-corrected chi connectivity index (χ4v) is 2.31. The van der Waals surface area contributed by atoms with Crippen LogP contribution in [-0.4, -0.2) is 23.7 Å². The highest BCUT2D eigenvalue weighted by molar-refractivity contribution is 6.31. The van der Waals surface area contributed by atoms with Crippen LogP contribution in [0, 0.1) is 11.7 Å². The van der Waals surface area contributed by atoms with Crippen LogP contribution < -0.4 is 5.32 Å². The first-order valence-corrected chi connectivity index (χ1v) is 7.18. The number of hydrogen-bond acceptors (Lipinski definition) is 2. The topological polar surface area (TPSA) is 49.3 Å². The number of aliphatic carboxylic acids is 1. The molecule has 0 fully saturated rings. The lowest BCUT2D eigenvalue weighted by molar-refractivity contribution is -0.139. The fourth-order valence-electron chi connectivity index (χ4n) is 2.06. The van der Waals surface area contributed by atoms with Crippen molar-refractivity contribution in [2.24, 2.45) is 5.92 Å². The number of hydrogen-bond donors (Lipinski definition) is 2. The van der Waals surface area contributed by atoms with Crippen LogP contribution >= 0.6 is 11.6 Å². The maximum atomic E-state index is 13.5. The van der Waals surface area contributed by atoms with E-state index in [0.29, 0.717) is 42.3 Å². The zero-order valence-corrected chi connectivity index (χ0v) is 12.6. The van der Waals surface area contributed by atoms with Crippen LogP contribution in [0.15, 0.2) is 18.2 Å². The minimum absolute atomic E-state index is 0.310. The summed E-state index contributed by atoms with van der Waals surface area (Å²) in [7, 11) is 0. The summed E-state index contributed by atoms with van der Waals surface area (Å²) in [5, 5.41) is 12.5. The van der Waals surface area contributed by atoms with Gasteiger partial charge in [0.1, 0.15) is 11.9 Å². The Labute approximate surface area is 124 Å². The second-order valence-electron chi connectivity index (χ2n) is 5.28. The maximum absolute atomic E-state index is 13.5. The Kier molecular flexibility index (Phi) is 6.96. The average molecular weight is 302 g/mol. The first-order valence-electron chi connectivity index (χ1n) is 6.81. The number of rotatable bonds is 8. The summed E-state index contributed by atoms with van der Waals surface area (Å²) in [5.41, 5.74) is 0.492. The Morgan fingerprint density at radius 2 is 2.15 bits per heavy atom. The van der Waals surface area contributed by atoms with E-state index in [4.69, 9.17) is 16.7 Å². The molecule has 0 bridgehead atoms. The summed E-state index contributed by atoms with van der Waals surface area (Å²) >= 11 is 5.94. The van der Waals surface area contributed by atoms with E-state index < -0.39 is 12.0 Å². The number of halogens is 2. The van der Waals surface area contributed by atoms with Crippen molar-refractivity contribution in [1.82, 2.24) is 5.32 Å². The third kappa shape index (κ3) is 5.47. The molecule has 0 saturated carbocycles. The van der Waals surface area contributed by atoms with Crippen molar-refractivity contribution in [2.75, 3.05) is 6.54 Å². The zero-order valence-electron chi connectivity index (χ0n) is 11.8. The fraction of sp³-hybridized carbons (Fsp3) is 0.533. The van der Waals surface area contributed by atoms with Crippen LogP contribution in [0.2, 0.25) is 5.02 Å². The molecular formula is C15H21ClFNO2. The predicted octanol–water partition coefficient (Wildman–Crippen LogP) is 3.50. The molecule has 3 nitrogen and oxygen atoms in total. The third-order valence-corrected chi connectivity index (χ3v) is 3.42. The zero-order chi connectivity index (χ0) is 15.1. The van der Waals surface area contributed by atoms with E-state index in [2.05, 4.69) is 5.32 Å². The molecule has 1 atom stereocenters. The van der Waals surface area contributed by atoms with E-state index in [1.54, 1.807) is 12.1 Å². The molecule has 1 rings (SSSR count). The molecule has 0 aromatic heterocycles. The van der Waals surface area contributed by atoms with Crippen molar-refractivity contribution in [3.05, 3.63) is 34.6 Å². The lowest BCUT2D eigenvalue weighted by Gasteiger charge is -2.16. The quantitative estimate of drug-likeness (QED) is 0.723. The summed E-state index contributed by atoms with van der Waals surface area (Å²) in [6, 6.07) is 4.06. The molecule has 5 heteroatoms. The van der Waals surface area contributed by atoms with Crippen LogP contribution in [0.5, 0.6) is 0 Å². The normalized spacial score (nSPS) is 12.7. The van der Waals surface area contributed by atoms with Crippen molar-refractivity contribution in [3.8, 4) is 0 Å². The SMILES string of the molecule is CC(C)C[C@@H](NCCCc1c(F)cccc1Cl)C(=O)O.